The van der Waals surface area contributed by atoms with E-state index in [0.717, 1.165) is 17.5 Å². The Morgan fingerprint density at radius 2 is 0.929 bits per heavy atom. The lowest BCUT2D eigenvalue weighted by molar-refractivity contribution is -0.142. The number of benzene rings is 4. The van der Waals surface area contributed by atoms with Gasteiger partial charge >= 0.3 is 29.8 Å². The summed E-state index contributed by atoms with van der Waals surface area (Å²) in [6.45, 7) is 4.56. The zero-order valence-corrected chi connectivity index (χ0v) is 49.0. The van der Waals surface area contributed by atoms with E-state index < -0.39 is 52.6 Å². The number of hydrogen-bond acceptors (Lipinski definition) is 14. The van der Waals surface area contributed by atoms with E-state index in [2.05, 4.69) is 93.9 Å². The maximum absolute atomic E-state index is 12.6. The van der Waals surface area contributed by atoms with Gasteiger partial charge in [0.2, 0.25) is 0 Å². The normalized spacial score (nSPS) is 11.2. The Bertz CT molecular complexity index is 3250. The monoisotopic (exact) mass is 1240 g/mol. The number of methoxy groups -OCH3 is 2. The van der Waals surface area contributed by atoms with Gasteiger partial charge in [0, 0.05) is 31.7 Å². The van der Waals surface area contributed by atoms with Crippen molar-refractivity contribution in [1.82, 2.24) is 14.5 Å². The number of rotatable bonds is 18. The maximum Gasteiger partial charge on any atom is 0.343 e. The number of pyridine rings is 3. The van der Waals surface area contributed by atoms with E-state index in [0.29, 0.717) is 48.9 Å². The molecule has 7 aromatic rings. The number of ether oxygens (including phenoxy) is 2. The number of amidine groups is 2. The standard InChI is InChI=1S/C19H15NO3.C13H11Br.C8H17N3O2.C7H15N3O2.C7H7NO3.C6H5NO3.ClH/c21-18-16(19(22)23)12-7-13-20(18)17(14-8-3-1-4-9-14)15-10-5-2-6-11-15;14-13(11-7-3-1-4-8-11)12-9-5-2-6-10-12;1-6(9)11-5-3-4-7(10)8(12)13-2;1-5(8)10-4-2-3-6(9)7(11)12;1-11-7(10)5-3-2-4-8-6(5)9;8-5-4(6(9)10)2-1-3-7-5;/h1-13,17H,(H,22,23);1-10,13H;7H,3-5,10H2,1-2H3,(H2,9,11);6H,2-4,9H2,1H3,(H2,8,10)(H,11,12);2-4H,1H3,(H,8,9);1-3H,(H,7,8)(H,9,10);1H/p-1/t;;7-;6-;;;/m..11.../s1. The first-order valence-electron chi connectivity index (χ1n) is 25.4. The Morgan fingerprint density at radius 3 is 1.27 bits per heavy atom. The molecule has 0 fully saturated rings. The third kappa shape index (κ3) is 27.4. The van der Waals surface area contributed by atoms with E-state index in [9.17, 15) is 43.5 Å². The van der Waals surface area contributed by atoms with Gasteiger partial charge in [-0.05, 0) is 98.2 Å². The number of carbonyl (C=O) groups excluding carboxylic acids is 2. The number of halogens is 2. The number of aromatic nitrogens is 3. The summed E-state index contributed by atoms with van der Waals surface area (Å²) < 4.78 is 10.3. The highest BCUT2D eigenvalue weighted by Gasteiger charge is 2.20. The second-order valence-electron chi connectivity index (χ2n) is 17.4. The van der Waals surface area contributed by atoms with Crippen LogP contribution in [0.5, 0.6) is 0 Å². The molecule has 3 heterocycles. The maximum atomic E-state index is 12.6. The molecule has 22 nitrogen and oxygen atoms in total. The number of hydrogen-bond donors (Lipinski definition) is 9. The lowest BCUT2D eigenvalue weighted by atomic mass is 9.98. The van der Waals surface area contributed by atoms with Crippen LogP contribution in [-0.2, 0) is 19.1 Å². The number of alkyl halides is 1. The number of carbonyl (C=O) groups is 5. The first-order chi connectivity index (χ1) is 39.6. The highest BCUT2D eigenvalue weighted by atomic mass is 79.9. The van der Waals surface area contributed by atoms with Gasteiger partial charge < -0.3 is 74.7 Å². The van der Waals surface area contributed by atoms with Gasteiger partial charge in [-0.15, -0.1) is 0 Å². The van der Waals surface area contributed by atoms with Crippen LogP contribution in [0.2, 0.25) is 0 Å². The number of esters is 2. The number of aromatic amines is 2. The molecule has 13 N–H and O–H groups in total. The molecule has 84 heavy (non-hydrogen) atoms. The SMILES string of the molecule is BrC(c1ccccc1)c1ccccc1.CC(N)=NCCC[C@@H](N)C(=O)O.COC(=O)[C@H](N)CCCN=C(C)N.COC(=O)c1ccc[nH]c1=O.O=C(O)c1ccc[nH]c1=O.O=C(O)c1cccn(C(c2ccccc2)c2ccccc2)c1=O.[Cl-]. The van der Waals surface area contributed by atoms with Crippen molar-refractivity contribution in [2.45, 2.75) is 62.5 Å². The summed E-state index contributed by atoms with van der Waals surface area (Å²) in [6.07, 6.45) is 6.87. The summed E-state index contributed by atoms with van der Waals surface area (Å²) in [7, 11) is 2.55. The topological polar surface area (TPSA) is 381 Å². The van der Waals surface area contributed by atoms with Gasteiger partial charge in [-0.1, -0.05) is 137 Å². The average Bonchev–Trinajstić information content (AvgIpc) is 3.35. The number of carboxylic acid groups (broad SMARTS) is 3. The molecular formula is C60H70BrClN9O13-. The molecule has 0 bridgehead atoms. The Balaban J connectivity index is 0.000000517. The van der Waals surface area contributed by atoms with Gasteiger partial charge in [-0.3, -0.25) is 34.0 Å². The first-order valence-corrected chi connectivity index (χ1v) is 26.4. The third-order valence-corrected chi connectivity index (χ3v) is 12.1. The minimum Gasteiger partial charge on any atom is -1.00 e. The highest BCUT2D eigenvalue weighted by Crippen LogP contribution is 2.30. The average molecular weight is 1240 g/mol. The van der Waals surface area contributed by atoms with E-state index in [-0.39, 0.29) is 41.1 Å². The molecule has 2 atom stereocenters. The summed E-state index contributed by atoms with van der Waals surface area (Å²) in [5.74, 6) is -3.33. The fourth-order valence-electron chi connectivity index (χ4n) is 6.91. The second-order valence-corrected chi connectivity index (χ2v) is 18.3. The lowest BCUT2D eigenvalue weighted by Crippen LogP contribution is -3.00. The number of aliphatic imine (C=N–C) groups is 2. The predicted molar refractivity (Wildman–Crippen MR) is 322 cm³/mol. The van der Waals surface area contributed by atoms with E-state index in [1.165, 1.54) is 66.6 Å². The molecular weight excluding hydrogens is 1170 g/mol. The highest BCUT2D eigenvalue weighted by molar-refractivity contribution is 9.09. The van der Waals surface area contributed by atoms with Crippen molar-refractivity contribution >= 4 is 57.4 Å². The first kappa shape index (κ1) is 72.7. The molecule has 0 aliphatic rings. The number of nitrogens with zero attached hydrogens (tertiary/aromatic N) is 3. The second kappa shape index (κ2) is 40.8. The third-order valence-electron chi connectivity index (χ3n) is 11.1. The molecule has 7 rings (SSSR count). The molecule has 0 aliphatic heterocycles. The smallest absolute Gasteiger partial charge is 0.343 e. The molecule has 0 saturated carbocycles. The molecule has 0 spiro atoms. The van der Waals surface area contributed by atoms with Crippen LogP contribution >= 0.6 is 15.9 Å². The largest absolute Gasteiger partial charge is 1.00 e. The van der Waals surface area contributed by atoms with Crippen molar-refractivity contribution in [2.75, 3.05) is 27.3 Å². The fourth-order valence-corrected chi connectivity index (χ4v) is 7.52. The molecule has 448 valence electrons. The van der Waals surface area contributed by atoms with E-state index in [1.54, 1.807) is 32.2 Å². The summed E-state index contributed by atoms with van der Waals surface area (Å²) in [6, 6.07) is 46.9. The van der Waals surface area contributed by atoms with Crippen LogP contribution in [0, 0.1) is 0 Å². The summed E-state index contributed by atoms with van der Waals surface area (Å²) in [5.41, 5.74) is 23.8. The zero-order valence-electron chi connectivity index (χ0n) is 46.6. The van der Waals surface area contributed by atoms with Crippen LogP contribution in [0.1, 0.15) is 104 Å². The number of nitrogens with two attached hydrogens (primary N) is 4. The van der Waals surface area contributed by atoms with Crippen LogP contribution < -0.4 is 52.0 Å². The fraction of sp³-hybridized carbons (Fsp3) is 0.233. The molecule has 0 aliphatic carbocycles. The zero-order chi connectivity index (χ0) is 61.7. The van der Waals surface area contributed by atoms with Crippen LogP contribution in [0.15, 0.2) is 201 Å². The van der Waals surface area contributed by atoms with Crippen molar-refractivity contribution in [3.05, 3.63) is 246 Å². The Morgan fingerprint density at radius 1 is 0.548 bits per heavy atom. The number of aliphatic carboxylic acids is 1. The van der Waals surface area contributed by atoms with Crippen molar-refractivity contribution in [2.24, 2.45) is 32.9 Å². The molecule has 0 saturated heterocycles. The van der Waals surface area contributed by atoms with Gasteiger partial charge in [-0.2, -0.15) is 0 Å². The van der Waals surface area contributed by atoms with E-state index >= 15 is 0 Å². The molecule has 24 heteroatoms. The van der Waals surface area contributed by atoms with Crippen LogP contribution in [-0.4, -0.2) is 111 Å². The van der Waals surface area contributed by atoms with Crippen LogP contribution in [0.4, 0.5) is 0 Å². The van der Waals surface area contributed by atoms with Gasteiger partial charge in [-0.25, -0.2) is 14.4 Å². The van der Waals surface area contributed by atoms with Crippen LogP contribution in [0.3, 0.4) is 0 Å². The Hall–Kier alpha value is -9.29. The van der Waals surface area contributed by atoms with Gasteiger partial charge in [0.15, 0.2) is 0 Å². The number of aromatic carboxylic acids is 2. The summed E-state index contributed by atoms with van der Waals surface area (Å²) in [5, 5.41) is 26.0. The number of carboxylic acids is 3. The molecule has 0 unspecified atom stereocenters. The van der Waals surface area contributed by atoms with Crippen LogP contribution in [0.25, 0.3) is 0 Å². The van der Waals surface area contributed by atoms with E-state index in [1.807, 2.05) is 72.8 Å². The quantitative estimate of drug-likeness (QED) is 0.0194. The summed E-state index contributed by atoms with van der Waals surface area (Å²) >= 11 is 3.69. The molecule has 0 amide bonds. The van der Waals surface area contributed by atoms with Gasteiger partial charge in [0.1, 0.15) is 28.8 Å². The van der Waals surface area contributed by atoms with E-state index in [4.69, 9.17) is 33.1 Å². The molecule has 4 aromatic carbocycles. The minimum absolute atomic E-state index is 0. The van der Waals surface area contributed by atoms with Crippen molar-refractivity contribution < 1.29 is 61.2 Å². The Labute approximate surface area is 499 Å². The Kier molecular flexibility index (Phi) is 35.3. The lowest BCUT2D eigenvalue weighted by Gasteiger charge is -2.21. The van der Waals surface area contributed by atoms with Crippen molar-refractivity contribution in [1.29, 1.82) is 0 Å². The summed E-state index contributed by atoms with van der Waals surface area (Å²) in [4.78, 5) is 100. The molecule has 0 radical (unpaired) electrons. The van der Waals surface area contributed by atoms with Crippen molar-refractivity contribution in [3.8, 4) is 0 Å². The molecule has 3 aromatic heterocycles. The minimum atomic E-state index is -1.22. The number of nitrogens with one attached hydrogen (secondary N) is 2. The predicted octanol–water partition coefficient (Wildman–Crippen LogP) is 3.79. The van der Waals surface area contributed by atoms with Crippen molar-refractivity contribution in [3.63, 3.8) is 0 Å². The van der Waals surface area contributed by atoms with Gasteiger partial charge in [0.25, 0.3) is 16.7 Å². The number of H-pyrrole nitrogens is 2. The van der Waals surface area contributed by atoms with Gasteiger partial charge in [0.05, 0.1) is 36.8 Å².